The van der Waals surface area contributed by atoms with Gasteiger partial charge in [0.2, 0.25) is 0 Å². The highest BCUT2D eigenvalue weighted by Gasteiger charge is 2.20. The Labute approximate surface area is 133 Å². The van der Waals surface area contributed by atoms with E-state index in [1.165, 1.54) is 0 Å². The number of furan rings is 1. The number of halogens is 1. The lowest BCUT2D eigenvalue weighted by atomic mass is 10.0. The number of carbonyl (C=O) groups is 1. The van der Waals surface area contributed by atoms with Gasteiger partial charge in [0.25, 0.3) is 5.91 Å². The first-order chi connectivity index (χ1) is 10.7. The van der Waals surface area contributed by atoms with Crippen molar-refractivity contribution in [2.24, 2.45) is 0 Å². The molecule has 0 saturated carbocycles. The van der Waals surface area contributed by atoms with Gasteiger partial charge in [0.15, 0.2) is 0 Å². The third-order valence-electron chi connectivity index (χ3n) is 3.34. The predicted molar refractivity (Wildman–Crippen MR) is 85.9 cm³/mol. The molecule has 1 unspecified atom stereocenters. The number of carbonyl (C=O) groups excluding carboxylic acids is 1. The summed E-state index contributed by atoms with van der Waals surface area (Å²) in [5.41, 5.74) is 1.51. The minimum atomic E-state index is -0.361. The molecule has 0 aliphatic carbocycles. The number of rotatable bonds is 4. The molecule has 0 saturated heterocycles. The monoisotopic (exact) mass is 311 g/mol. The zero-order valence-corrected chi connectivity index (χ0v) is 12.5. The highest BCUT2D eigenvalue weighted by molar-refractivity contribution is 6.30. The van der Waals surface area contributed by atoms with Crippen LogP contribution in [0.15, 0.2) is 77.4 Å². The largest absolute Gasteiger partial charge is 0.467 e. The Hall–Kier alpha value is -2.52. The molecule has 1 aromatic heterocycles. The van der Waals surface area contributed by atoms with Gasteiger partial charge in [-0.1, -0.05) is 41.9 Å². The fraction of sp³-hybridized carbons (Fsp3) is 0.0556. The van der Waals surface area contributed by atoms with Gasteiger partial charge in [-0.15, -0.1) is 0 Å². The van der Waals surface area contributed by atoms with E-state index in [4.69, 9.17) is 16.0 Å². The van der Waals surface area contributed by atoms with E-state index in [9.17, 15) is 4.79 Å². The van der Waals surface area contributed by atoms with Crippen LogP contribution in [0.4, 0.5) is 0 Å². The van der Waals surface area contributed by atoms with Crippen LogP contribution in [-0.4, -0.2) is 5.91 Å². The maximum absolute atomic E-state index is 12.4. The average Bonchev–Trinajstić information content (AvgIpc) is 3.08. The molecule has 22 heavy (non-hydrogen) atoms. The molecule has 110 valence electrons. The number of hydrogen-bond acceptors (Lipinski definition) is 2. The van der Waals surface area contributed by atoms with E-state index in [1.807, 2.05) is 36.4 Å². The lowest BCUT2D eigenvalue weighted by Gasteiger charge is -2.17. The minimum Gasteiger partial charge on any atom is -0.467 e. The van der Waals surface area contributed by atoms with Crippen LogP contribution in [0.5, 0.6) is 0 Å². The Balaban J connectivity index is 1.90. The summed E-state index contributed by atoms with van der Waals surface area (Å²) in [4.78, 5) is 12.4. The molecule has 1 atom stereocenters. The summed E-state index contributed by atoms with van der Waals surface area (Å²) >= 11 is 5.93. The molecule has 0 aliphatic heterocycles. The van der Waals surface area contributed by atoms with Crippen molar-refractivity contribution in [3.8, 4) is 0 Å². The van der Waals surface area contributed by atoms with Crippen molar-refractivity contribution in [3.63, 3.8) is 0 Å². The van der Waals surface area contributed by atoms with E-state index >= 15 is 0 Å². The fourth-order valence-corrected chi connectivity index (χ4v) is 2.36. The highest BCUT2D eigenvalue weighted by atomic mass is 35.5. The van der Waals surface area contributed by atoms with Crippen molar-refractivity contribution < 1.29 is 9.21 Å². The van der Waals surface area contributed by atoms with E-state index in [2.05, 4.69) is 5.32 Å². The van der Waals surface area contributed by atoms with E-state index in [0.29, 0.717) is 16.3 Å². The van der Waals surface area contributed by atoms with Gasteiger partial charge in [-0.3, -0.25) is 4.79 Å². The maximum atomic E-state index is 12.4. The Kier molecular flexibility index (Phi) is 4.26. The van der Waals surface area contributed by atoms with Crippen LogP contribution in [0.3, 0.4) is 0 Å². The van der Waals surface area contributed by atoms with Gasteiger partial charge in [0, 0.05) is 10.6 Å². The summed E-state index contributed by atoms with van der Waals surface area (Å²) in [5.74, 6) is 0.517. The average molecular weight is 312 g/mol. The van der Waals surface area contributed by atoms with Gasteiger partial charge in [0.05, 0.1) is 6.26 Å². The zero-order chi connectivity index (χ0) is 15.4. The summed E-state index contributed by atoms with van der Waals surface area (Å²) in [6.45, 7) is 0. The van der Waals surface area contributed by atoms with Gasteiger partial charge in [-0.25, -0.2) is 0 Å². The van der Waals surface area contributed by atoms with Crippen LogP contribution in [0.1, 0.15) is 27.7 Å². The molecule has 2 aromatic carbocycles. The molecule has 3 rings (SSSR count). The Morgan fingerprint density at radius 2 is 1.68 bits per heavy atom. The SMILES string of the molecule is O=C(NC(c1ccc(Cl)cc1)c1ccco1)c1ccccc1. The van der Waals surface area contributed by atoms with Crippen LogP contribution in [-0.2, 0) is 0 Å². The van der Waals surface area contributed by atoms with Gasteiger partial charge in [-0.2, -0.15) is 0 Å². The summed E-state index contributed by atoms with van der Waals surface area (Å²) < 4.78 is 5.47. The van der Waals surface area contributed by atoms with Gasteiger partial charge in [0.1, 0.15) is 11.8 Å². The first-order valence-electron chi connectivity index (χ1n) is 6.89. The van der Waals surface area contributed by atoms with Crippen molar-refractivity contribution in [2.75, 3.05) is 0 Å². The quantitative estimate of drug-likeness (QED) is 0.773. The van der Waals surface area contributed by atoms with Crippen molar-refractivity contribution in [2.45, 2.75) is 6.04 Å². The van der Waals surface area contributed by atoms with Crippen LogP contribution in [0.25, 0.3) is 0 Å². The summed E-state index contributed by atoms with van der Waals surface area (Å²) in [6.07, 6.45) is 1.59. The van der Waals surface area contributed by atoms with E-state index in [-0.39, 0.29) is 11.9 Å². The molecule has 0 radical (unpaired) electrons. The van der Waals surface area contributed by atoms with Crippen LogP contribution < -0.4 is 5.32 Å². The molecule has 0 fully saturated rings. The Morgan fingerprint density at radius 1 is 0.955 bits per heavy atom. The zero-order valence-electron chi connectivity index (χ0n) is 11.7. The van der Waals surface area contributed by atoms with E-state index < -0.39 is 0 Å². The van der Waals surface area contributed by atoms with Crippen molar-refractivity contribution in [1.29, 1.82) is 0 Å². The van der Waals surface area contributed by atoms with E-state index in [0.717, 1.165) is 5.56 Å². The molecular formula is C18H14ClNO2. The van der Waals surface area contributed by atoms with E-state index in [1.54, 1.807) is 36.6 Å². The maximum Gasteiger partial charge on any atom is 0.252 e. The second-order valence-corrected chi connectivity index (χ2v) is 5.28. The predicted octanol–water partition coefficient (Wildman–Crippen LogP) is 4.45. The first kappa shape index (κ1) is 14.4. The summed E-state index contributed by atoms with van der Waals surface area (Å²) in [7, 11) is 0. The fourth-order valence-electron chi connectivity index (χ4n) is 2.23. The second-order valence-electron chi connectivity index (χ2n) is 4.84. The van der Waals surface area contributed by atoms with Gasteiger partial charge < -0.3 is 9.73 Å². The molecule has 3 aromatic rings. The van der Waals surface area contributed by atoms with Gasteiger partial charge >= 0.3 is 0 Å². The standard InChI is InChI=1S/C18H14ClNO2/c19-15-10-8-13(9-11-15)17(16-7-4-12-22-16)20-18(21)14-5-2-1-3-6-14/h1-12,17H,(H,20,21). The normalized spacial score (nSPS) is 11.9. The molecule has 0 bridgehead atoms. The molecule has 1 heterocycles. The topological polar surface area (TPSA) is 42.2 Å². The molecule has 0 spiro atoms. The smallest absolute Gasteiger partial charge is 0.252 e. The van der Waals surface area contributed by atoms with Crippen LogP contribution >= 0.6 is 11.6 Å². The Bertz CT molecular complexity index is 737. The molecule has 3 nitrogen and oxygen atoms in total. The number of amides is 1. The highest BCUT2D eigenvalue weighted by Crippen LogP contribution is 2.24. The first-order valence-corrected chi connectivity index (χ1v) is 7.26. The van der Waals surface area contributed by atoms with Crippen LogP contribution in [0, 0.1) is 0 Å². The lowest BCUT2D eigenvalue weighted by molar-refractivity contribution is 0.0939. The third kappa shape index (κ3) is 3.21. The van der Waals surface area contributed by atoms with Crippen molar-refractivity contribution in [1.82, 2.24) is 5.32 Å². The number of hydrogen-bond donors (Lipinski definition) is 1. The number of benzene rings is 2. The molecule has 4 heteroatoms. The van der Waals surface area contributed by atoms with Crippen molar-refractivity contribution >= 4 is 17.5 Å². The van der Waals surface area contributed by atoms with Crippen molar-refractivity contribution in [3.05, 3.63) is 94.9 Å². The number of nitrogens with one attached hydrogen (secondary N) is 1. The van der Waals surface area contributed by atoms with Crippen LogP contribution in [0.2, 0.25) is 5.02 Å². The Morgan fingerprint density at radius 3 is 2.32 bits per heavy atom. The molecule has 1 amide bonds. The molecular weight excluding hydrogens is 298 g/mol. The second kappa shape index (κ2) is 6.50. The minimum absolute atomic E-state index is 0.156. The third-order valence-corrected chi connectivity index (χ3v) is 3.59. The summed E-state index contributed by atoms with van der Waals surface area (Å²) in [6, 6.07) is 19.7. The molecule has 1 N–H and O–H groups in total. The summed E-state index contributed by atoms with van der Waals surface area (Å²) in [5, 5.41) is 3.65. The lowest BCUT2D eigenvalue weighted by Crippen LogP contribution is -2.29. The molecule has 0 aliphatic rings. The van der Waals surface area contributed by atoms with Gasteiger partial charge in [-0.05, 0) is 42.0 Å².